The zero-order chi connectivity index (χ0) is 17.7. The maximum Gasteiger partial charge on any atom is 0.220 e. The number of halogens is 1. The van der Waals surface area contributed by atoms with Gasteiger partial charge in [-0.2, -0.15) is 5.10 Å². The van der Waals surface area contributed by atoms with Gasteiger partial charge < -0.3 is 10.1 Å². The van der Waals surface area contributed by atoms with Crippen LogP contribution in [0.5, 0.6) is 5.75 Å². The molecular weight excluding hydrogens is 309 g/mol. The molecule has 2 rings (SSSR count). The van der Waals surface area contributed by atoms with Crippen molar-refractivity contribution in [1.82, 2.24) is 15.1 Å². The molecule has 1 aromatic heterocycles. The number of aromatic nitrogens is 2. The maximum atomic E-state index is 13.5. The van der Waals surface area contributed by atoms with Crippen molar-refractivity contribution in [2.24, 2.45) is 7.05 Å². The highest BCUT2D eigenvalue weighted by atomic mass is 19.1. The lowest BCUT2D eigenvalue weighted by Gasteiger charge is -2.16. The Morgan fingerprint density at radius 1 is 1.38 bits per heavy atom. The van der Waals surface area contributed by atoms with Gasteiger partial charge in [0.2, 0.25) is 5.91 Å². The van der Waals surface area contributed by atoms with Crippen LogP contribution in [0, 0.1) is 19.7 Å². The van der Waals surface area contributed by atoms with Crippen LogP contribution in [0.2, 0.25) is 0 Å². The molecule has 0 fully saturated rings. The number of nitrogens with one attached hydrogen (secondary N) is 1. The fraction of sp³-hybridized carbons (Fsp3) is 0.444. The number of para-hydroxylation sites is 1. The number of rotatable bonds is 7. The third kappa shape index (κ3) is 4.57. The van der Waals surface area contributed by atoms with Crippen LogP contribution >= 0.6 is 0 Å². The summed E-state index contributed by atoms with van der Waals surface area (Å²) in [6.45, 7) is 6.07. The molecule has 0 aliphatic rings. The average molecular weight is 333 g/mol. The van der Waals surface area contributed by atoms with Gasteiger partial charge in [0.25, 0.3) is 0 Å². The summed E-state index contributed by atoms with van der Waals surface area (Å²) in [5.74, 6) is -0.263. The molecule has 24 heavy (non-hydrogen) atoms. The van der Waals surface area contributed by atoms with E-state index in [1.165, 1.54) is 6.07 Å². The smallest absolute Gasteiger partial charge is 0.220 e. The average Bonchev–Trinajstić information content (AvgIpc) is 2.78. The second-order valence-electron chi connectivity index (χ2n) is 5.94. The summed E-state index contributed by atoms with van der Waals surface area (Å²) >= 11 is 0. The van der Waals surface area contributed by atoms with Crippen LogP contribution < -0.4 is 10.1 Å². The summed E-state index contributed by atoms with van der Waals surface area (Å²) in [6, 6.07) is 6.24. The molecule has 1 amide bonds. The van der Waals surface area contributed by atoms with Crippen molar-refractivity contribution in [2.45, 2.75) is 39.7 Å². The van der Waals surface area contributed by atoms with Gasteiger partial charge in [-0.05, 0) is 44.9 Å². The van der Waals surface area contributed by atoms with E-state index in [2.05, 4.69) is 10.4 Å². The van der Waals surface area contributed by atoms with Gasteiger partial charge in [-0.1, -0.05) is 12.1 Å². The number of amides is 1. The Balaban J connectivity index is 1.77. The molecule has 1 aromatic carbocycles. The number of carbonyl (C=O) groups is 1. The highest BCUT2D eigenvalue weighted by Crippen LogP contribution is 2.17. The summed E-state index contributed by atoms with van der Waals surface area (Å²) in [5.41, 5.74) is 3.15. The van der Waals surface area contributed by atoms with Gasteiger partial charge in [0.15, 0.2) is 11.6 Å². The van der Waals surface area contributed by atoms with Crippen LogP contribution in [-0.2, 0) is 18.3 Å². The molecular formula is C18H24FN3O2. The van der Waals surface area contributed by atoms with E-state index in [1.807, 2.05) is 25.6 Å². The van der Waals surface area contributed by atoms with Crippen molar-refractivity contribution < 1.29 is 13.9 Å². The fourth-order valence-corrected chi connectivity index (χ4v) is 2.56. The molecule has 1 N–H and O–H groups in total. The molecule has 0 spiro atoms. The van der Waals surface area contributed by atoms with Gasteiger partial charge in [-0.15, -0.1) is 0 Å². The van der Waals surface area contributed by atoms with Crippen molar-refractivity contribution in [3.05, 3.63) is 47.0 Å². The monoisotopic (exact) mass is 333 g/mol. The van der Waals surface area contributed by atoms with Gasteiger partial charge in [-0.3, -0.25) is 9.48 Å². The minimum Gasteiger partial charge on any atom is -0.486 e. The van der Waals surface area contributed by atoms with Crippen LogP contribution in [0.15, 0.2) is 24.3 Å². The SMILES string of the molecule is Cc1nn(C)c(C)c1CCC(=O)NCC(C)Oc1ccccc1F. The molecule has 0 bridgehead atoms. The normalized spacial score (nSPS) is 12.0. The minimum atomic E-state index is -0.404. The molecule has 0 aliphatic carbocycles. The molecule has 5 nitrogen and oxygen atoms in total. The highest BCUT2D eigenvalue weighted by molar-refractivity contribution is 5.76. The van der Waals surface area contributed by atoms with Crippen molar-refractivity contribution in [2.75, 3.05) is 6.54 Å². The van der Waals surface area contributed by atoms with Crippen molar-refractivity contribution >= 4 is 5.91 Å². The van der Waals surface area contributed by atoms with E-state index in [0.717, 1.165) is 17.0 Å². The zero-order valence-corrected chi connectivity index (χ0v) is 14.6. The Kier molecular flexibility index (Phi) is 5.95. The zero-order valence-electron chi connectivity index (χ0n) is 14.6. The largest absolute Gasteiger partial charge is 0.486 e. The number of aryl methyl sites for hydroxylation is 2. The van der Waals surface area contributed by atoms with Gasteiger partial charge in [0, 0.05) is 19.2 Å². The number of hydrogen-bond acceptors (Lipinski definition) is 3. The molecule has 1 atom stereocenters. The van der Waals surface area contributed by atoms with E-state index >= 15 is 0 Å². The molecule has 1 unspecified atom stereocenters. The third-order valence-corrected chi connectivity index (χ3v) is 4.01. The topological polar surface area (TPSA) is 56.2 Å². The molecule has 1 heterocycles. The van der Waals surface area contributed by atoms with Gasteiger partial charge in [0.05, 0.1) is 12.2 Å². The Morgan fingerprint density at radius 2 is 2.08 bits per heavy atom. The standard InChI is InChI=1S/C18H24FN3O2/c1-12(24-17-8-6-5-7-16(17)19)11-20-18(23)10-9-15-13(2)21-22(4)14(15)3/h5-8,12H,9-11H2,1-4H3,(H,20,23). The third-order valence-electron chi connectivity index (χ3n) is 4.01. The van der Waals surface area contributed by atoms with Crippen molar-refractivity contribution in [1.29, 1.82) is 0 Å². The van der Waals surface area contributed by atoms with E-state index in [4.69, 9.17) is 4.74 Å². The Morgan fingerprint density at radius 3 is 2.71 bits per heavy atom. The molecule has 0 saturated carbocycles. The number of carbonyl (C=O) groups excluding carboxylic acids is 1. The summed E-state index contributed by atoms with van der Waals surface area (Å²) in [4.78, 5) is 12.0. The molecule has 2 aromatic rings. The summed E-state index contributed by atoms with van der Waals surface area (Å²) in [6.07, 6.45) is 0.729. The Bertz CT molecular complexity index is 712. The van der Waals surface area contributed by atoms with E-state index < -0.39 is 5.82 Å². The van der Waals surface area contributed by atoms with Crippen LogP contribution in [0.4, 0.5) is 4.39 Å². The van der Waals surface area contributed by atoms with Crippen LogP contribution in [-0.4, -0.2) is 28.3 Å². The molecule has 0 aliphatic heterocycles. The first-order chi connectivity index (χ1) is 11.4. The molecule has 0 saturated heterocycles. The van der Waals surface area contributed by atoms with E-state index in [-0.39, 0.29) is 17.8 Å². The lowest BCUT2D eigenvalue weighted by Crippen LogP contribution is -2.33. The second kappa shape index (κ2) is 7.95. The van der Waals surface area contributed by atoms with Gasteiger partial charge >= 0.3 is 0 Å². The lowest BCUT2D eigenvalue weighted by molar-refractivity contribution is -0.121. The minimum absolute atomic E-state index is 0.0540. The first-order valence-electron chi connectivity index (χ1n) is 8.05. The van der Waals surface area contributed by atoms with Gasteiger partial charge in [-0.25, -0.2) is 4.39 Å². The molecule has 0 radical (unpaired) electrons. The van der Waals surface area contributed by atoms with Crippen LogP contribution in [0.25, 0.3) is 0 Å². The van der Waals surface area contributed by atoms with Gasteiger partial charge in [0.1, 0.15) is 6.10 Å². The maximum absolute atomic E-state index is 13.5. The lowest BCUT2D eigenvalue weighted by atomic mass is 10.1. The van der Waals surface area contributed by atoms with E-state index in [9.17, 15) is 9.18 Å². The fourth-order valence-electron chi connectivity index (χ4n) is 2.56. The highest BCUT2D eigenvalue weighted by Gasteiger charge is 2.13. The van der Waals surface area contributed by atoms with E-state index in [0.29, 0.717) is 19.4 Å². The Hall–Kier alpha value is -2.37. The second-order valence-corrected chi connectivity index (χ2v) is 5.94. The van der Waals surface area contributed by atoms with E-state index in [1.54, 1.807) is 25.1 Å². The quantitative estimate of drug-likeness (QED) is 0.847. The van der Waals surface area contributed by atoms with Crippen molar-refractivity contribution in [3.8, 4) is 5.75 Å². The predicted molar refractivity (Wildman–Crippen MR) is 90.5 cm³/mol. The summed E-state index contributed by atoms with van der Waals surface area (Å²) in [7, 11) is 1.90. The number of ether oxygens (including phenoxy) is 1. The Labute approximate surface area is 141 Å². The van der Waals surface area contributed by atoms with Crippen molar-refractivity contribution in [3.63, 3.8) is 0 Å². The number of benzene rings is 1. The first kappa shape index (κ1) is 18.0. The predicted octanol–water partition coefficient (Wildman–Crippen LogP) is 2.69. The number of nitrogens with zero attached hydrogens (tertiary/aromatic N) is 2. The summed E-state index contributed by atoms with van der Waals surface area (Å²) in [5, 5.41) is 7.17. The molecule has 130 valence electrons. The summed E-state index contributed by atoms with van der Waals surface area (Å²) < 4.78 is 20.8. The molecule has 6 heteroatoms. The number of hydrogen-bond donors (Lipinski definition) is 1. The first-order valence-corrected chi connectivity index (χ1v) is 8.05. The van der Waals surface area contributed by atoms with Crippen LogP contribution in [0.1, 0.15) is 30.3 Å². The van der Waals surface area contributed by atoms with Crippen LogP contribution in [0.3, 0.4) is 0 Å².